The average molecular weight is 410 g/mol. The summed E-state index contributed by atoms with van der Waals surface area (Å²) in [6.07, 6.45) is 1.74. The third-order valence-electron chi connectivity index (χ3n) is 4.50. The Balaban J connectivity index is 1.91. The summed E-state index contributed by atoms with van der Waals surface area (Å²) in [6.45, 7) is 3.27. The second-order valence-electron chi connectivity index (χ2n) is 6.44. The molecule has 148 valence electrons. The molecule has 0 aliphatic carbocycles. The highest BCUT2D eigenvalue weighted by atomic mass is 32.1. The highest BCUT2D eigenvalue weighted by Gasteiger charge is 2.17. The summed E-state index contributed by atoms with van der Waals surface area (Å²) in [5.41, 5.74) is 3.19. The van der Waals surface area contributed by atoms with Crippen LogP contribution in [0.25, 0.3) is 22.1 Å². The minimum Gasteiger partial charge on any atom is -0.493 e. The van der Waals surface area contributed by atoms with Crippen LogP contribution in [0.15, 0.2) is 35.1 Å². The van der Waals surface area contributed by atoms with Gasteiger partial charge in [0.2, 0.25) is 5.75 Å². The van der Waals surface area contributed by atoms with Gasteiger partial charge in [-0.05, 0) is 42.3 Å². The van der Waals surface area contributed by atoms with E-state index in [1.54, 1.807) is 22.6 Å². The summed E-state index contributed by atoms with van der Waals surface area (Å²) in [5, 5.41) is 0. The minimum atomic E-state index is -0.484. The first-order valence-corrected chi connectivity index (χ1v) is 9.61. The Morgan fingerprint density at radius 1 is 1.17 bits per heavy atom. The molecule has 8 heteroatoms. The van der Waals surface area contributed by atoms with E-state index in [4.69, 9.17) is 14.2 Å². The van der Waals surface area contributed by atoms with Gasteiger partial charge in [0.25, 0.3) is 5.56 Å². The molecule has 0 unspecified atom stereocenters. The maximum atomic E-state index is 13.0. The summed E-state index contributed by atoms with van der Waals surface area (Å²) in [5.74, 6) is 0.382. The first-order chi connectivity index (χ1) is 13.9. The van der Waals surface area contributed by atoms with E-state index < -0.39 is 5.97 Å². The molecule has 2 heterocycles. The molecule has 7 nitrogen and oxygen atoms in total. The van der Waals surface area contributed by atoms with Gasteiger partial charge in [0, 0.05) is 6.92 Å². The van der Waals surface area contributed by atoms with Gasteiger partial charge in [-0.3, -0.25) is 9.59 Å². The number of hydrogen-bond acceptors (Lipinski definition) is 7. The summed E-state index contributed by atoms with van der Waals surface area (Å²) >= 11 is 1.31. The largest absolute Gasteiger partial charge is 0.493 e. The van der Waals surface area contributed by atoms with Crippen molar-refractivity contribution < 1.29 is 19.0 Å². The predicted octanol–water partition coefficient (Wildman–Crippen LogP) is 2.71. The molecule has 0 spiro atoms. The predicted molar refractivity (Wildman–Crippen MR) is 111 cm³/mol. The van der Waals surface area contributed by atoms with Gasteiger partial charge in [-0.1, -0.05) is 23.5 Å². The molecule has 0 bridgehead atoms. The van der Waals surface area contributed by atoms with E-state index in [-0.39, 0.29) is 11.3 Å². The smallest absolute Gasteiger partial charge is 0.308 e. The molecule has 0 saturated heterocycles. The fourth-order valence-electron chi connectivity index (χ4n) is 3.21. The molecule has 4 aromatic rings. The van der Waals surface area contributed by atoms with E-state index in [2.05, 4.69) is 4.98 Å². The van der Waals surface area contributed by atoms with Crippen molar-refractivity contribution >= 4 is 39.4 Å². The molecule has 0 aliphatic rings. The van der Waals surface area contributed by atoms with Crippen LogP contribution in [-0.2, 0) is 4.79 Å². The molecule has 0 amide bonds. The number of benzene rings is 2. The quantitative estimate of drug-likeness (QED) is 0.380. The Labute approximate surface area is 169 Å². The summed E-state index contributed by atoms with van der Waals surface area (Å²) < 4.78 is 18.0. The van der Waals surface area contributed by atoms with Crippen molar-refractivity contribution in [3.05, 3.63) is 56.3 Å². The molecule has 0 fully saturated rings. The van der Waals surface area contributed by atoms with E-state index in [0.717, 1.165) is 16.6 Å². The third kappa shape index (κ3) is 3.21. The number of nitrogens with zero attached hydrogens (tertiary/aromatic N) is 2. The Morgan fingerprint density at radius 3 is 2.48 bits per heavy atom. The summed E-state index contributed by atoms with van der Waals surface area (Å²) in [4.78, 5) is 29.6. The molecule has 29 heavy (non-hydrogen) atoms. The number of fused-ring (bicyclic) bond motifs is 3. The van der Waals surface area contributed by atoms with Crippen LogP contribution < -0.4 is 24.3 Å². The van der Waals surface area contributed by atoms with Crippen molar-refractivity contribution in [1.82, 2.24) is 9.38 Å². The molecule has 0 saturated carbocycles. The Bertz CT molecular complexity index is 1340. The lowest BCUT2D eigenvalue weighted by molar-refractivity contribution is -0.132. The highest BCUT2D eigenvalue weighted by molar-refractivity contribution is 7.15. The molecule has 2 aromatic heterocycles. The molecule has 0 aliphatic heterocycles. The number of ether oxygens (including phenoxy) is 3. The van der Waals surface area contributed by atoms with Crippen molar-refractivity contribution in [1.29, 1.82) is 0 Å². The van der Waals surface area contributed by atoms with Crippen LogP contribution >= 0.6 is 11.3 Å². The van der Waals surface area contributed by atoms with Crippen LogP contribution in [0.1, 0.15) is 18.1 Å². The zero-order chi connectivity index (χ0) is 20.7. The molecular formula is C21H18N2O5S. The zero-order valence-electron chi connectivity index (χ0n) is 16.3. The second-order valence-corrected chi connectivity index (χ2v) is 7.45. The van der Waals surface area contributed by atoms with E-state index >= 15 is 0 Å². The number of carbonyl (C=O) groups excluding carboxylic acids is 1. The average Bonchev–Trinajstić information content (AvgIpc) is 3.20. The van der Waals surface area contributed by atoms with Crippen molar-refractivity contribution in [2.45, 2.75) is 13.8 Å². The molecule has 0 atom stereocenters. The van der Waals surface area contributed by atoms with Gasteiger partial charge in [-0.25, -0.2) is 9.38 Å². The lowest BCUT2D eigenvalue weighted by atomic mass is 10.1. The van der Waals surface area contributed by atoms with Crippen LogP contribution in [0.3, 0.4) is 0 Å². The second kappa shape index (κ2) is 7.21. The van der Waals surface area contributed by atoms with Gasteiger partial charge in [0.1, 0.15) is 0 Å². The van der Waals surface area contributed by atoms with Crippen LogP contribution in [0.2, 0.25) is 0 Å². The van der Waals surface area contributed by atoms with Crippen LogP contribution in [0.5, 0.6) is 17.2 Å². The van der Waals surface area contributed by atoms with Gasteiger partial charge < -0.3 is 14.2 Å². The molecular weight excluding hydrogens is 392 g/mol. The van der Waals surface area contributed by atoms with E-state index in [9.17, 15) is 9.59 Å². The number of imidazole rings is 1. The van der Waals surface area contributed by atoms with E-state index in [0.29, 0.717) is 26.6 Å². The van der Waals surface area contributed by atoms with Gasteiger partial charge in [0.05, 0.1) is 29.8 Å². The Morgan fingerprint density at radius 2 is 1.86 bits per heavy atom. The normalized spacial score (nSPS) is 11.9. The topological polar surface area (TPSA) is 79.1 Å². The number of thiazole rings is 1. The standard InChI is InChI=1S/C21H18N2O5S/c1-11-6-5-7-14-18(11)22-21-23(14)20(25)17(29-21)10-13-8-15(26-3)19(28-12(2)24)16(9-13)27-4/h5-10H,1-4H3. The maximum Gasteiger partial charge on any atom is 0.308 e. The Kier molecular flexibility index (Phi) is 4.71. The Hall–Kier alpha value is -3.39. The molecule has 2 aromatic carbocycles. The zero-order valence-corrected chi connectivity index (χ0v) is 17.1. The number of methoxy groups -OCH3 is 2. The molecule has 0 N–H and O–H groups in total. The van der Waals surface area contributed by atoms with E-state index in [1.165, 1.54) is 32.5 Å². The van der Waals surface area contributed by atoms with Crippen LogP contribution in [-0.4, -0.2) is 29.6 Å². The molecule has 0 radical (unpaired) electrons. The van der Waals surface area contributed by atoms with Crippen LogP contribution in [0.4, 0.5) is 0 Å². The highest BCUT2D eigenvalue weighted by Crippen LogP contribution is 2.38. The summed E-state index contributed by atoms with van der Waals surface area (Å²) in [6, 6.07) is 9.14. The maximum absolute atomic E-state index is 13.0. The van der Waals surface area contributed by atoms with Gasteiger partial charge >= 0.3 is 5.97 Å². The van der Waals surface area contributed by atoms with E-state index in [1.807, 2.05) is 25.1 Å². The lowest BCUT2D eigenvalue weighted by Gasteiger charge is -2.13. The SMILES string of the molecule is COc1cc(C=c2sc3nc4c(C)cccc4n3c2=O)cc(OC)c1OC(C)=O. The number of para-hydroxylation sites is 1. The fraction of sp³-hybridized carbons (Fsp3) is 0.190. The van der Waals surface area contributed by atoms with Crippen LogP contribution in [0, 0.1) is 6.92 Å². The van der Waals surface area contributed by atoms with Crippen molar-refractivity contribution in [2.75, 3.05) is 14.2 Å². The molecule has 4 rings (SSSR count). The van der Waals surface area contributed by atoms with Gasteiger partial charge in [-0.15, -0.1) is 0 Å². The first-order valence-electron chi connectivity index (χ1n) is 8.79. The minimum absolute atomic E-state index is 0.139. The number of esters is 1. The van der Waals surface area contributed by atoms with Gasteiger partial charge in [0.15, 0.2) is 16.5 Å². The number of rotatable bonds is 4. The van der Waals surface area contributed by atoms with Crippen molar-refractivity contribution in [2.24, 2.45) is 0 Å². The van der Waals surface area contributed by atoms with Crippen molar-refractivity contribution in [3.63, 3.8) is 0 Å². The monoisotopic (exact) mass is 410 g/mol. The lowest BCUT2D eigenvalue weighted by Crippen LogP contribution is -2.22. The summed E-state index contributed by atoms with van der Waals surface area (Å²) in [7, 11) is 2.94. The number of aryl methyl sites for hydroxylation is 1. The number of hydrogen-bond donors (Lipinski definition) is 0. The third-order valence-corrected chi connectivity index (χ3v) is 5.47. The van der Waals surface area contributed by atoms with Gasteiger partial charge in [-0.2, -0.15) is 0 Å². The first kappa shape index (κ1) is 18.9. The fourth-order valence-corrected chi connectivity index (χ4v) is 4.19. The van der Waals surface area contributed by atoms with Crippen molar-refractivity contribution in [3.8, 4) is 17.2 Å². The number of carbonyl (C=O) groups is 1. The number of aromatic nitrogens is 2.